The summed E-state index contributed by atoms with van der Waals surface area (Å²) in [6.45, 7) is 0.377. The molecule has 1 aromatic carbocycles. The van der Waals surface area contributed by atoms with E-state index in [1.54, 1.807) is 36.4 Å². The molecule has 0 unspecified atom stereocenters. The highest BCUT2D eigenvalue weighted by Gasteiger charge is 2.11. The zero-order chi connectivity index (χ0) is 14.5. The van der Waals surface area contributed by atoms with E-state index in [2.05, 4.69) is 5.32 Å². The quantitative estimate of drug-likeness (QED) is 0.873. The Bertz CT molecular complexity index is 600. The van der Waals surface area contributed by atoms with E-state index < -0.39 is 6.10 Å². The van der Waals surface area contributed by atoms with E-state index in [1.807, 2.05) is 0 Å². The Morgan fingerprint density at radius 2 is 2.10 bits per heavy atom. The summed E-state index contributed by atoms with van der Waals surface area (Å²) in [6, 6.07) is 10.4. The molecular weight excluding hydrogens is 317 g/mol. The van der Waals surface area contributed by atoms with Gasteiger partial charge in [0.05, 0.1) is 15.3 Å². The summed E-state index contributed by atoms with van der Waals surface area (Å²) < 4.78 is 0.578. The third-order valence-corrected chi connectivity index (χ3v) is 4.20. The molecule has 0 fully saturated rings. The van der Waals surface area contributed by atoms with Gasteiger partial charge in [-0.3, -0.25) is 4.79 Å². The lowest BCUT2D eigenvalue weighted by atomic mass is 10.1. The van der Waals surface area contributed by atoms with Crippen molar-refractivity contribution >= 4 is 40.4 Å². The van der Waals surface area contributed by atoms with Crippen LogP contribution in [0.3, 0.4) is 0 Å². The molecule has 0 radical (unpaired) electrons. The fraction of sp³-hybridized carbons (Fsp3) is 0.214. The van der Waals surface area contributed by atoms with E-state index in [4.69, 9.17) is 23.2 Å². The van der Waals surface area contributed by atoms with Gasteiger partial charge in [-0.2, -0.15) is 0 Å². The summed E-state index contributed by atoms with van der Waals surface area (Å²) >= 11 is 12.9. The van der Waals surface area contributed by atoms with Crippen LogP contribution >= 0.6 is 34.5 Å². The Morgan fingerprint density at radius 1 is 1.30 bits per heavy atom. The van der Waals surface area contributed by atoms with Crippen LogP contribution in [0.5, 0.6) is 0 Å². The number of rotatable bonds is 5. The Morgan fingerprint density at radius 3 is 2.75 bits per heavy atom. The number of benzene rings is 1. The molecule has 0 saturated heterocycles. The van der Waals surface area contributed by atoms with Crippen molar-refractivity contribution in [2.75, 3.05) is 6.54 Å². The smallest absolute Gasteiger partial charge is 0.261 e. The van der Waals surface area contributed by atoms with Gasteiger partial charge in [0.15, 0.2) is 0 Å². The molecule has 0 aliphatic rings. The lowest BCUT2D eigenvalue weighted by molar-refractivity contribution is 0.0946. The van der Waals surface area contributed by atoms with Gasteiger partial charge in [0, 0.05) is 11.6 Å². The molecule has 1 atom stereocenters. The third-order valence-electron chi connectivity index (χ3n) is 2.73. The summed E-state index contributed by atoms with van der Waals surface area (Å²) in [7, 11) is 0. The second-order valence-electron chi connectivity index (χ2n) is 4.22. The third kappa shape index (κ3) is 4.21. The minimum absolute atomic E-state index is 0.180. The first-order valence-corrected chi connectivity index (χ1v) is 7.60. The molecule has 3 nitrogen and oxygen atoms in total. The van der Waals surface area contributed by atoms with Crippen molar-refractivity contribution < 1.29 is 9.90 Å². The highest BCUT2D eigenvalue weighted by Crippen LogP contribution is 2.22. The SMILES string of the molecule is O=C(NCC[C@@H](O)c1cccc(Cl)c1)c1ccc(Cl)s1. The number of halogens is 2. The number of carbonyl (C=O) groups excluding carboxylic acids is 1. The molecule has 2 aromatic rings. The van der Waals surface area contributed by atoms with Crippen molar-refractivity contribution in [3.63, 3.8) is 0 Å². The summed E-state index contributed by atoms with van der Waals surface area (Å²) in [5.41, 5.74) is 0.742. The van der Waals surface area contributed by atoms with Gasteiger partial charge in [-0.05, 0) is 36.2 Å². The highest BCUT2D eigenvalue weighted by atomic mass is 35.5. The van der Waals surface area contributed by atoms with Gasteiger partial charge < -0.3 is 10.4 Å². The van der Waals surface area contributed by atoms with E-state index in [0.717, 1.165) is 5.56 Å². The maximum absolute atomic E-state index is 11.8. The summed E-state index contributed by atoms with van der Waals surface area (Å²) in [6.07, 6.45) is -0.230. The predicted molar refractivity (Wildman–Crippen MR) is 82.7 cm³/mol. The van der Waals surface area contributed by atoms with E-state index in [1.165, 1.54) is 11.3 Å². The summed E-state index contributed by atoms with van der Waals surface area (Å²) in [5.74, 6) is -0.180. The van der Waals surface area contributed by atoms with E-state index in [9.17, 15) is 9.90 Å². The molecule has 1 amide bonds. The van der Waals surface area contributed by atoms with Crippen LogP contribution < -0.4 is 5.32 Å². The molecule has 20 heavy (non-hydrogen) atoms. The van der Waals surface area contributed by atoms with E-state index in [-0.39, 0.29) is 5.91 Å². The maximum atomic E-state index is 11.8. The average Bonchev–Trinajstić information content (AvgIpc) is 2.85. The van der Waals surface area contributed by atoms with Gasteiger partial charge in [0.25, 0.3) is 5.91 Å². The molecule has 0 saturated carbocycles. The van der Waals surface area contributed by atoms with Gasteiger partial charge >= 0.3 is 0 Å². The molecule has 2 rings (SSSR count). The van der Waals surface area contributed by atoms with Gasteiger partial charge in [-0.1, -0.05) is 35.3 Å². The van der Waals surface area contributed by atoms with Crippen molar-refractivity contribution in [3.05, 3.63) is 56.2 Å². The lowest BCUT2D eigenvalue weighted by Gasteiger charge is -2.11. The fourth-order valence-corrected chi connectivity index (χ4v) is 2.88. The minimum Gasteiger partial charge on any atom is -0.388 e. The second-order valence-corrected chi connectivity index (χ2v) is 6.37. The molecule has 106 valence electrons. The zero-order valence-corrected chi connectivity index (χ0v) is 12.8. The van der Waals surface area contributed by atoms with Gasteiger partial charge in [0.2, 0.25) is 0 Å². The second kappa shape index (κ2) is 7.09. The van der Waals surface area contributed by atoms with E-state index >= 15 is 0 Å². The van der Waals surface area contributed by atoms with Gasteiger partial charge in [-0.25, -0.2) is 0 Å². The maximum Gasteiger partial charge on any atom is 0.261 e. The highest BCUT2D eigenvalue weighted by molar-refractivity contribution is 7.17. The molecule has 1 heterocycles. The Labute approximate surface area is 131 Å². The molecule has 2 N–H and O–H groups in total. The Hall–Kier alpha value is -1.07. The zero-order valence-electron chi connectivity index (χ0n) is 10.5. The molecular formula is C14H13Cl2NO2S. The van der Waals surface area contributed by atoms with Crippen LogP contribution in [-0.2, 0) is 0 Å². The molecule has 0 aliphatic carbocycles. The average molecular weight is 330 g/mol. The Balaban J connectivity index is 1.82. The summed E-state index contributed by atoms with van der Waals surface area (Å²) in [4.78, 5) is 12.3. The minimum atomic E-state index is -0.652. The van der Waals surface area contributed by atoms with Crippen molar-refractivity contribution in [3.8, 4) is 0 Å². The topological polar surface area (TPSA) is 49.3 Å². The number of aliphatic hydroxyl groups is 1. The van der Waals surface area contributed by atoms with Crippen molar-refractivity contribution in [1.82, 2.24) is 5.32 Å². The van der Waals surface area contributed by atoms with Crippen LogP contribution in [0.4, 0.5) is 0 Å². The molecule has 0 spiro atoms. The molecule has 6 heteroatoms. The van der Waals surface area contributed by atoms with Crippen LogP contribution in [0.2, 0.25) is 9.36 Å². The van der Waals surface area contributed by atoms with E-state index in [0.29, 0.717) is 27.2 Å². The number of carbonyl (C=O) groups is 1. The first kappa shape index (κ1) is 15.3. The molecule has 0 aliphatic heterocycles. The van der Waals surface area contributed by atoms with Crippen LogP contribution in [0.1, 0.15) is 27.8 Å². The summed E-state index contributed by atoms with van der Waals surface area (Å²) in [5, 5.41) is 13.3. The molecule has 0 bridgehead atoms. The Kier molecular flexibility index (Phi) is 5.43. The van der Waals surface area contributed by atoms with Crippen molar-refractivity contribution in [2.24, 2.45) is 0 Å². The number of nitrogens with one attached hydrogen (secondary N) is 1. The standard InChI is InChI=1S/C14H13Cl2NO2S/c15-10-3-1-2-9(8-10)11(18)6-7-17-14(19)12-4-5-13(16)20-12/h1-5,8,11,18H,6-7H2,(H,17,19)/t11-/m1/s1. The predicted octanol–water partition coefficient (Wildman–Crippen LogP) is 3.91. The first-order chi connectivity index (χ1) is 9.56. The van der Waals surface area contributed by atoms with Gasteiger partial charge in [0.1, 0.15) is 0 Å². The lowest BCUT2D eigenvalue weighted by Crippen LogP contribution is -2.24. The largest absolute Gasteiger partial charge is 0.388 e. The molecule has 1 aromatic heterocycles. The van der Waals surface area contributed by atoms with Crippen LogP contribution in [0, 0.1) is 0 Å². The van der Waals surface area contributed by atoms with Crippen molar-refractivity contribution in [1.29, 1.82) is 0 Å². The fourth-order valence-electron chi connectivity index (χ4n) is 1.73. The number of aliphatic hydroxyl groups excluding tert-OH is 1. The van der Waals surface area contributed by atoms with Crippen LogP contribution in [0.15, 0.2) is 36.4 Å². The number of thiophene rings is 1. The number of amides is 1. The van der Waals surface area contributed by atoms with Gasteiger partial charge in [-0.15, -0.1) is 11.3 Å². The normalized spacial score (nSPS) is 12.2. The van der Waals surface area contributed by atoms with Crippen LogP contribution in [-0.4, -0.2) is 17.6 Å². The van der Waals surface area contributed by atoms with Crippen molar-refractivity contribution in [2.45, 2.75) is 12.5 Å². The first-order valence-electron chi connectivity index (χ1n) is 6.03. The monoisotopic (exact) mass is 329 g/mol. The number of hydrogen-bond acceptors (Lipinski definition) is 3. The number of hydrogen-bond donors (Lipinski definition) is 2. The van der Waals surface area contributed by atoms with Crippen LogP contribution in [0.25, 0.3) is 0 Å².